The summed E-state index contributed by atoms with van der Waals surface area (Å²) in [5.74, 6) is 0.677. The second-order valence-electron chi connectivity index (χ2n) is 3.55. The van der Waals surface area contributed by atoms with Crippen molar-refractivity contribution in [2.45, 2.75) is 25.7 Å². The van der Waals surface area contributed by atoms with Gasteiger partial charge in [0, 0.05) is 13.1 Å². The van der Waals surface area contributed by atoms with Crippen LogP contribution in [0.5, 0.6) is 0 Å². The highest BCUT2D eigenvalue weighted by Crippen LogP contribution is 1.98. The molecule has 0 amide bonds. The van der Waals surface area contributed by atoms with E-state index in [1.807, 2.05) is 0 Å². The summed E-state index contributed by atoms with van der Waals surface area (Å²) in [4.78, 5) is 11.7. The summed E-state index contributed by atoms with van der Waals surface area (Å²) in [6.45, 7) is 1.59. The normalized spacial score (nSPS) is 17.5. The Morgan fingerprint density at radius 3 is 3.07 bits per heavy atom. The molecule has 3 N–H and O–H groups in total. The molecule has 2 rings (SSSR count). The van der Waals surface area contributed by atoms with E-state index in [0.717, 1.165) is 6.54 Å². The minimum absolute atomic E-state index is 0.0370. The van der Waals surface area contributed by atoms with Crippen LogP contribution in [-0.2, 0) is 19.6 Å². The number of aliphatic hydroxyl groups excluding tert-OH is 2. The maximum Gasteiger partial charge on any atom is 0.346 e. The van der Waals surface area contributed by atoms with Gasteiger partial charge in [-0.15, -0.1) is 0 Å². The smallest absolute Gasteiger partial charge is 0.346 e. The number of aliphatic hydroxyl groups is 2. The Hall–Kier alpha value is -1.18. The SMILES string of the molecule is O=c1n(CC(O)CO)nc2n1CCNC2. The van der Waals surface area contributed by atoms with E-state index in [1.165, 1.54) is 4.68 Å². The largest absolute Gasteiger partial charge is 0.394 e. The fourth-order valence-electron chi connectivity index (χ4n) is 1.61. The van der Waals surface area contributed by atoms with E-state index in [1.54, 1.807) is 4.57 Å². The first kappa shape index (κ1) is 10.3. The molecule has 1 aromatic heterocycles. The van der Waals surface area contributed by atoms with Crippen molar-refractivity contribution < 1.29 is 10.2 Å². The molecular weight excluding hydrogens is 200 g/mol. The number of nitrogens with one attached hydrogen (secondary N) is 1. The van der Waals surface area contributed by atoms with Crippen molar-refractivity contribution in [3.05, 3.63) is 16.3 Å². The van der Waals surface area contributed by atoms with Crippen molar-refractivity contribution in [2.75, 3.05) is 13.2 Å². The maximum atomic E-state index is 11.7. The first-order valence-electron chi connectivity index (χ1n) is 4.88. The van der Waals surface area contributed by atoms with Gasteiger partial charge in [-0.2, -0.15) is 5.10 Å². The van der Waals surface area contributed by atoms with Crippen LogP contribution in [0.1, 0.15) is 5.82 Å². The number of nitrogens with zero attached hydrogens (tertiary/aromatic N) is 3. The minimum Gasteiger partial charge on any atom is -0.394 e. The van der Waals surface area contributed by atoms with E-state index in [0.29, 0.717) is 18.9 Å². The maximum absolute atomic E-state index is 11.7. The third-order valence-electron chi connectivity index (χ3n) is 2.39. The molecule has 1 aliphatic rings. The van der Waals surface area contributed by atoms with Gasteiger partial charge in [0.15, 0.2) is 0 Å². The summed E-state index contributed by atoms with van der Waals surface area (Å²) in [5, 5.41) is 25.1. The number of rotatable bonds is 3. The average Bonchev–Trinajstić information content (AvgIpc) is 2.57. The van der Waals surface area contributed by atoms with Crippen LogP contribution >= 0.6 is 0 Å². The van der Waals surface area contributed by atoms with Crippen LogP contribution in [0.2, 0.25) is 0 Å². The van der Waals surface area contributed by atoms with Crippen LogP contribution in [0.15, 0.2) is 4.79 Å². The standard InChI is InChI=1S/C8H14N4O3/c13-5-6(14)4-12-8(15)11-2-1-9-3-7(11)10-12/h6,9,13-14H,1-5H2. The highest BCUT2D eigenvalue weighted by molar-refractivity contribution is 4.91. The molecule has 1 aliphatic heterocycles. The molecule has 1 aromatic rings. The average molecular weight is 214 g/mol. The molecule has 0 saturated carbocycles. The van der Waals surface area contributed by atoms with Crippen molar-refractivity contribution in [1.82, 2.24) is 19.7 Å². The number of hydrogen-bond donors (Lipinski definition) is 3. The van der Waals surface area contributed by atoms with Crippen molar-refractivity contribution in [1.29, 1.82) is 0 Å². The second-order valence-corrected chi connectivity index (χ2v) is 3.55. The van der Waals surface area contributed by atoms with Gasteiger partial charge >= 0.3 is 5.69 Å². The summed E-state index contributed by atoms with van der Waals surface area (Å²) in [6, 6.07) is 0. The quantitative estimate of drug-likeness (QED) is 0.517. The van der Waals surface area contributed by atoms with E-state index in [4.69, 9.17) is 5.11 Å². The first-order chi connectivity index (χ1) is 7.22. The van der Waals surface area contributed by atoms with E-state index < -0.39 is 6.10 Å². The molecule has 0 saturated heterocycles. The third-order valence-corrected chi connectivity index (χ3v) is 2.39. The Bertz CT molecular complexity index is 397. The zero-order chi connectivity index (χ0) is 10.8. The lowest BCUT2D eigenvalue weighted by Gasteiger charge is -2.11. The lowest BCUT2D eigenvalue weighted by atomic mass is 10.4. The van der Waals surface area contributed by atoms with Gasteiger partial charge in [0.05, 0.1) is 25.8 Å². The molecular formula is C8H14N4O3. The molecule has 1 atom stereocenters. The summed E-state index contributed by atoms with van der Waals surface area (Å²) in [6.07, 6.45) is -0.937. The first-order valence-corrected chi connectivity index (χ1v) is 4.88. The third kappa shape index (κ3) is 1.94. The Morgan fingerprint density at radius 2 is 2.40 bits per heavy atom. The summed E-state index contributed by atoms with van der Waals surface area (Å²) < 4.78 is 2.78. The van der Waals surface area contributed by atoms with Crippen LogP contribution < -0.4 is 11.0 Å². The molecule has 0 aromatic carbocycles. The van der Waals surface area contributed by atoms with Crippen molar-refractivity contribution in [3.8, 4) is 0 Å². The van der Waals surface area contributed by atoms with E-state index in [2.05, 4.69) is 10.4 Å². The van der Waals surface area contributed by atoms with Crippen LogP contribution in [-0.4, -0.2) is 43.8 Å². The summed E-state index contributed by atoms with van der Waals surface area (Å²) in [7, 11) is 0. The molecule has 0 spiro atoms. The van der Waals surface area contributed by atoms with Crippen LogP contribution in [0.25, 0.3) is 0 Å². The number of aromatic nitrogens is 3. The molecule has 7 nitrogen and oxygen atoms in total. The summed E-state index contributed by atoms with van der Waals surface area (Å²) in [5.41, 5.74) is -0.223. The fourth-order valence-corrected chi connectivity index (χ4v) is 1.61. The molecule has 0 aliphatic carbocycles. The van der Waals surface area contributed by atoms with E-state index >= 15 is 0 Å². The van der Waals surface area contributed by atoms with Crippen molar-refractivity contribution >= 4 is 0 Å². The van der Waals surface area contributed by atoms with Gasteiger partial charge in [-0.05, 0) is 0 Å². The predicted molar refractivity (Wildman–Crippen MR) is 51.3 cm³/mol. The summed E-state index contributed by atoms with van der Waals surface area (Å²) >= 11 is 0. The van der Waals surface area contributed by atoms with Gasteiger partial charge in [0.2, 0.25) is 0 Å². The Morgan fingerprint density at radius 1 is 1.60 bits per heavy atom. The van der Waals surface area contributed by atoms with E-state index in [9.17, 15) is 9.90 Å². The second kappa shape index (κ2) is 4.13. The van der Waals surface area contributed by atoms with Gasteiger partial charge in [0.1, 0.15) is 5.82 Å². The zero-order valence-electron chi connectivity index (χ0n) is 8.26. The molecule has 84 valence electrons. The van der Waals surface area contributed by atoms with Crippen molar-refractivity contribution in [2.24, 2.45) is 0 Å². The molecule has 0 radical (unpaired) electrons. The highest BCUT2D eigenvalue weighted by atomic mass is 16.3. The molecule has 7 heteroatoms. The number of fused-ring (bicyclic) bond motifs is 1. The fraction of sp³-hybridized carbons (Fsp3) is 0.750. The van der Waals surface area contributed by atoms with Gasteiger partial charge in [-0.3, -0.25) is 4.57 Å². The van der Waals surface area contributed by atoms with Gasteiger partial charge in [-0.25, -0.2) is 9.48 Å². The van der Waals surface area contributed by atoms with Gasteiger partial charge in [-0.1, -0.05) is 0 Å². The molecule has 1 unspecified atom stereocenters. The predicted octanol–water partition coefficient (Wildman–Crippen LogP) is -2.50. The minimum atomic E-state index is -0.937. The zero-order valence-corrected chi connectivity index (χ0v) is 8.26. The monoisotopic (exact) mass is 214 g/mol. The highest BCUT2D eigenvalue weighted by Gasteiger charge is 2.17. The number of hydrogen-bond acceptors (Lipinski definition) is 5. The lowest BCUT2D eigenvalue weighted by molar-refractivity contribution is 0.0771. The van der Waals surface area contributed by atoms with Crippen LogP contribution in [0.4, 0.5) is 0 Å². The van der Waals surface area contributed by atoms with Crippen LogP contribution in [0, 0.1) is 0 Å². The van der Waals surface area contributed by atoms with Crippen molar-refractivity contribution in [3.63, 3.8) is 0 Å². The lowest BCUT2D eigenvalue weighted by Crippen LogP contribution is -2.35. The Kier molecular flexibility index (Phi) is 2.85. The van der Waals surface area contributed by atoms with Gasteiger partial charge < -0.3 is 15.5 Å². The molecule has 15 heavy (non-hydrogen) atoms. The Labute approximate surface area is 86.0 Å². The molecule has 2 heterocycles. The molecule has 0 fully saturated rings. The topological polar surface area (TPSA) is 92.3 Å². The van der Waals surface area contributed by atoms with Crippen LogP contribution in [0.3, 0.4) is 0 Å². The van der Waals surface area contributed by atoms with Gasteiger partial charge in [0.25, 0.3) is 0 Å². The Balaban J connectivity index is 2.25. The molecule has 0 bridgehead atoms. The van der Waals surface area contributed by atoms with E-state index in [-0.39, 0.29) is 18.8 Å².